The molecule has 7 heteroatoms. The zero-order valence-electron chi connectivity index (χ0n) is 20.1. The average Bonchev–Trinajstić information content (AvgIpc) is 3.64. The zero-order chi connectivity index (χ0) is 24.2. The van der Waals surface area contributed by atoms with Gasteiger partial charge in [-0.05, 0) is 68.2 Å². The topological polar surface area (TPSA) is 89.3 Å². The Morgan fingerprint density at radius 2 is 1.80 bits per heavy atom. The first-order valence-corrected chi connectivity index (χ1v) is 13.0. The number of likely N-dealkylation sites (tertiary alicyclic amines) is 1. The summed E-state index contributed by atoms with van der Waals surface area (Å²) in [6, 6.07) is 10.4. The van der Waals surface area contributed by atoms with Crippen LogP contribution in [0.5, 0.6) is 0 Å². The van der Waals surface area contributed by atoms with Gasteiger partial charge in [-0.1, -0.05) is 37.5 Å². The Kier molecular flexibility index (Phi) is 6.98. The Bertz CT molecular complexity index is 1070. The van der Waals surface area contributed by atoms with Gasteiger partial charge in [0.05, 0.1) is 0 Å². The van der Waals surface area contributed by atoms with Crippen LogP contribution in [0.4, 0.5) is 5.69 Å². The molecule has 1 aromatic carbocycles. The van der Waals surface area contributed by atoms with Crippen molar-refractivity contribution in [3.8, 4) is 6.19 Å². The van der Waals surface area contributed by atoms with E-state index in [9.17, 15) is 14.9 Å². The second kappa shape index (κ2) is 10.5. The van der Waals surface area contributed by atoms with Crippen molar-refractivity contribution in [3.63, 3.8) is 0 Å². The van der Waals surface area contributed by atoms with Crippen LogP contribution in [0.15, 0.2) is 48.8 Å². The molecule has 3 aliphatic rings. The fourth-order valence-electron chi connectivity index (χ4n) is 5.51. The minimum absolute atomic E-state index is 0.117. The van der Waals surface area contributed by atoms with Crippen LogP contribution >= 0.6 is 0 Å². The number of nitrogens with one attached hydrogen (secondary N) is 1. The Morgan fingerprint density at radius 3 is 2.46 bits per heavy atom. The molecule has 1 aromatic heterocycles. The van der Waals surface area contributed by atoms with Gasteiger partial charge in [-0.15, -0.1) is 0 Å². The number of aromatic nitrogens is 1. The van der Waals surface area contributed by atoms with E-state index in [0.29, 0.717) is 30.1 Å². The van der Waals surface area contributed by atoms with Crippen LogP contribution in [0.2, 0.25) is 0 Å². The summed E-state index contributed by atoms with van der Waals surface area (Å²) in [7, 11) is 0. The quantitative estimate of drug-likeness (QED) is 0.604. The molecule has 35 heavy (non-hydrogen) atoms. The van der Waals surface area contributed by atoms with Crippen molar-refractivity contribution in [3.05, 3.63) is 59.9 Å². The lowest BCUT2D eigenvalue weighted by Gasteiger charge is -2.35. The van der Waals surface area contributed by atoms with Crippen molar-refractivity contribution < 1.29 is 9.59 Å². The highest BCUT2D eigenvalue weighted by Crippen LogP contribution is 2.41. The van der Waals surface area contributed by atoms with E-state index in [1.54, 1.807) is 28.3 Å². The number of hydrogen-bond donors (Lipinski definition) is 1. The molecule has 1 unspecified atom stereocenters. The van der Waals surface area contributed by atoms with Gasteiger partial charge in [-0.25, -0.2) is 0 Å². The average molecular weight is 472 g/mol. The number of carbonyl (C=O) groups excluding carboxylic acids is 2. The normalized spacial score (nSPS) is 21.2. The molecule has 1 N–H and O–H groups in total. The van der Waals surface area contributed by atoms with Gasteiger partial charge < -0.3 is 5.32 Å². The standard InChI is InChI=1S/C28H33N5O2/c29-19-32-17-5-9-25(32)28(35)33(24-14-12-21(13-15-24)20-10-11-20)26(22-6-4-16-30-18-22)27(34)31-23-7-2-1-3-8-23/h4,6,12-16,18,20,23,25-26H,1-3,5,7-11,17H2,(H,31,34)/t25-,26?/m1/s1. The lowest BCUT2D eigenvalue weighted by Crippen LogP contribution is -2.51. The van der Waals surface area contributed by atoms with Gasteiger partial charge in [0.25, 0.3) is 5.91 Å². The van der Waals surface area contributed by atoms with Gasteiger partial charge in [-0.3, -0.25) is 24.4 Å². The highest BCUT2D eigenvalue weighted by molar-refractivity contribution is 6.04. The molecule has 2 atom stereocenters. The van der Waals surface area contributed by atoms with Crippen molar-refractivity contribution in [1.29, 1.82) is 5.26 Å². The molecule has 1 saturated heterocycles. The molecule has 1 aliphatic heterocycles. The third-order valence-electron chi connectivity index (χ3n) is 7.58. The number of anilines is 1. The van der Waals surface area contributed by atoms with Crippen molar-refractivity contribution >= 4 is 17.5 Å². The largest absolute Gasteiger partial charge is 0.351 e. The third-order valence-corrected chi connectivity index (χ3v) is 7.58. The van der Waals surface area contributed by atoms with Crippen LogP contribution in [-0.4, -0.2) is 40.3 Å². The first kappa shape index (κ1) is 23.3. The van der Waals surface area contributed by atoms with E-state index in [2.05, 4.69) is 28.6 Å². The summed E-state index contributed by atoms with van der Waals surface area (Å²) in [4.78, 5) is 35.4. The van der Waals surface area contributed by atoms with Gasteiger partial charge in [0.1, 0.15) is 12.1 Å². The fourth-order valence-corrected chi connectivity index (χ4v) is 5.51. The van der Waals surface area contributed by atoms with Gasteiger partial charge in [-0.2, -0.15) is 5.26 Å². The summed E-state index contributed by atoms with van der Waals surface area (Å²) in [5.41, 5.74) is 2.61. The highest BCUT2D eigenvalue weighted by Gasteiger charge is 2.40. The SMILES string of the molecule is N#CN1CCC[C@@H]1C(=O)N(c1ccc(C2CC2)cc1)C(C(=O)NC1CCCCC1)c1cccnc1. The van der Waals surface area contributed by atoms with Crippen LogP contribution in [0.3, 0.4) is 0 Å². The number of pyridine rings is 1. The molecule has 3 fully saturated rings. The van der Waals surface area contributed by atoms with Crippen molar-refractivity contribution in [1.82, 2.24) is 15.2 Å². The van der Waals surface area contributed by atoms with E-state index in [1.807, 2.05) is 18.2 Å². The zero-order valence-corrected chi connectivity index (χ0v) is 20.1. The predicted molar refractivity (Wildman–Crippen MR) is 133 cm³/mol. The molecular formula is C28H33N5O2. The molecule has 2 saturated carbocycles. The number of benzene rings is 1. The molecular weight excluding hydrogens is 438 g/mol. The summed E-state index contributed by atoms with van der Waals surface area (Å²) in [5.74, 6) is 0.197. The monoisotopic (exact) mass is 471 g/mol. The molecule has 2 amide bonds. The minimum atomic E-state index is -0.856. The Labute approximate surface area is 207 Å². The number of nitriles is 1. The summed E-state index contributed by atoms with van der Waals surface area (Å²) in [5, 5.41) is 12.9. The molecule has 2 heterocycles. The maximum absolute atomic E-state index is 14.1. The van der Waals surface area contributed by atoms with Crippen LogP contribution < -0.4 is 10.2 Å². The minimum Gasteiger partial charge on any atom is -0.351 e. The third kappa shape index (κ3) is 5.17. The van der Waals surface area contributed by atoms with Crippen molar-refractivity contribution in [2.45, 2.75) is 81.8 Å². The van der Waals surface area contributed by atoms with Crippen LogP contribution in [0, 0.1) is 11.5 Å². The molecule has 0 bridgehead atoms. The second-order valence-corrected chi connectivity index (χ2v) is 10.1. The summed E-state index contributed by atoms with van der Waals surface area (Å²) >= 11 is 0. The molecule has 2 aliphatic carbocycles. The van der Waals surface area contributed by atoms with E-state index in [-0.39, 0.29) is 17.9 Å². The number of carbonyl (C=O) groups is 2. The molecule has 2 aromatic rings. The molecule has 0 spiro atoms. The Balaban J connectivity index is 1.53. The van der Waals surface area contributed by atoms with Crippen molar-refractivity contribution in [2.75, 3.05) is 11.4 Å². The van der Waals surface area contributed by atoms with E-state index in [4.69, 9.17) is 0 Å². The van der Waals surface area contributed by atoms with E-state index >= 15 is 0 Å². The van der Waals surface area contributed by atoms with Gasteiger partial charge in [0, 0.05) is 36.2 Å². The molecule has 7 nitrogen and oxygen atoms in total. The number of rotatable bonds is 7. The van der Waals surface area contributed by atoms with E-state index in [1.165, 1.54) is 24.8 Å². The molecule has 5 rings (SSSR count). The molecule has 0 radical (unpaired) electrons. The second-order valence-electron chi connectivity index (χ2n) is 10.1. The Morgan fingerprint density at radius 1 is 1.03 bits per heavy atom. The number of amides is 2. The first-order chi connectivity index (χ1) is 17.2. The van der Waals surface area contributed by atoms with Crippen molar-refractivity contribution in [2.24, 2.45) is 0 Å². The van der Waals surface area contributed by atoms with E-state index < -0.39 is 12.1 Å². The summed E-state index contributed by atoms with van der Waals surface area (Å²) in [6.45, 7) is 0.563. The Hall–Kier alpha value is -3.40. The maximum Gasteiger partial charge on any atom is 0.251 e. The maximum atomic E-state index is 14.1. The predicted octanol–water partition coefficient (Wildman–Crippen LogP) is 4.43. The summed E-state index contributed by atoms with van der Waals surface area (Å²) < 4.78 is 0. The van der Waals surface area contributed by atoms with E-state index in [0.717, 1.165) is 32.1 Å². The van der Waals surface area contributed by atoms with Crippen LogP contribution in [0.25, 0.3) is 0 Å². The number of hydrogen-bond acceptors (Lipinski definition) is 5. The smallest absolute Gasteiger partial charge is 0.251 e. The van der Waals surface area contributed by atoms with Crippen LogP contribution in [0.1, 0.15) is 80.9 Å². The number of nitrogens with zero attached hydrogens (tertiary/aromatic N) is 4. The molecule has 182 valence electrons. The first-order valence-electron chi connectivity index (χ1n) is 13.0. The lowest BCUT2D eigenvalue weighted by molar-refractivity contribution is -0.128. The van der Waals surface area contributed by atoms with Gasteiger partial charge in [0.15, 0.2) is 6.19 Å². The summed E-state index contributed by atoms with van der Waals surface area (Å²) in [6.07, 6.45) is 14.6. The van der Waals surface area contributed by atoms with Gasteiger partial charge >= 0.3 is 0 Å². The highest BCUT2D eigenvalue weighted by atomic mass is 16.2. The van der Waals surface area contributed by atoms with Gasteiger partial charge in [0.2, 0.25) is 5.91 Å². The lowest BCUT2D eigenvalue weighted by atomic mass is 9.94. The fraction of sp³-hybridized carbons (Fsp3) is 0.500. The van der Waals surface area contributed by atoms with Crippen LogP contribution in [-0.2, 0) is 9.59 Å².